The smallest absolute Gasteiger partial charge is 0.269 e. The van der Waals surface area contributed by atoms with E-state index in [-0.39, 0.29) is 15.5 Å². The number of rotatable bonds is 8. The zero-order valence-electron chi connectivity index (χ0n) is 13.4. The van der Waals surface area contributed by atoms with Crippen molar-refractivity contribution in [1.29, 1.82) is 0 Å². The van der Waals surface area contributed by atoms with Gasteiger partial charge in [0.2, 0.25) is 9.84 Å². The van der Waals surface area contributed by atoms with Crippen LogP contribution in [0, 0.1) is 10.1 Å². The Labute approximate surface area is 141 Å². The number of non-ortho nitro benzene ring substituents is 1. The molecule has 0 spiro atoms. The molecular weight excluding hydrogens is 328 g/mol. The summed E-state index contributed by atoms with van der Waals surface area (Å²) in [6.07, 6.45) is 3.37. The summed E-state index contributed by atoms with van der Waals surface area (Å²) in [6.45, 7) is 2.99. The van der Waals surface area contributed by atoms with Crippen molar-refractivity contribution >= 4 is 21.2 Å². The molecule has 2 aromatic rings. The van der Waals surface area contributed by atoms with E-state index >= 15 is 0 Å². The van der Waals surface area contributed by atoms with Crippen molar-refractivity contribution in [3.8, 4) is 0 Å². The number of nitrogens with one attached hydrogen (secondary N) is 1. The van der Waals surface area contributed by atoms with Crippen LogP contribution in [0.1, 0.15) is 26.2 Å². The summed E-state index contributed by atoms with van der Waals surface area (Å²) in [5, 5.41) is 13.9. The highest BCUT2D eigenvalue weighted by Gasteiger charge is 2.18. The monoisotopic (exact) mass is 348 g/mol. The quantitative estimate of drug-likeness (QED) is 0.442. The Morgan fingerprint density at radius 1 is 0.958 bits per heavy atom. The van der Waals surface area contributed by atoms with Crippen molar-refractivity contribution in [2.75, 3.05) is 11.9 Å². The van der Waals surface area contributed by atoms with Crippen LogP contribution in [0.25, 0.3) is 0 Å². The molecule has 0 aliphatic heterocycles. The number of anilines is 1. The minimum absolute atomic E-state index is 0.0387. The molecule has 24 heavy (non-hydrogen) atoms. The standard InChI is InChI=1S/C17H20N2O4S/c1-2-3-4-13-18-14-5-9-16(10-6-14)24(22,23)17-11-7-15(8-12-17)19(20)21/h5-12,18H,2-4,13H2,1H3. The molecule has 7 heteroatoms. The Bertz CT molecular complexity index is 784. The van der Waals surface area contributed by atoms with Crippen LogP contribution in [-0.4, -0.2) is 19.9 Å². The molecule has 0 heterocycles. The Balaban J connectivity index is 2.13. The van der Waals surface area contributed by atoms with Crippen LogP contribution in [0.2, 0.25) is 0 Å². The minimum atomic E-state index is -3.68. The summed E-state index contributed by atoms with van der Waals surface area (Å²) in [5.74, 6) is 0. The van der Waals surface area contributed by atoms with Gasteiger partial charge in [0.1, 0.15) is 0 Å². The molecule has 0 unspecified atom stereocenters. The van der Waals surface area contributed by atoms with Crippen molar-refractivity contribution in [2.24, 2.45) is 0 Å². The minimum Gasteiger partial charge on any atom is -0.385 e. The summed E-state index contributed by atoms with van der Waals surface area (Å²) in [4.78, 5) is 10.3. The lowest BCUT2D eigenvalue weighted by Gasteiger charge is -2.08. The number of nitro benzene ring substituents is 1. The molecule has 0 bridgehead atoms. The topological polar surface area (TPSA) is 89.3 Å². The third-order valence-electron chi connectivity index (χ3n) is 3.63. The average molecular weight is 348 g/mol. The van der Waals surface area contributed by atoms with Gasteiger partial charge in [-0.1, -0.05) is 19.8 Å². The lowest BCUT2D eigenvalue weighted by Crippen LogP contribution is -2.04. The van der Waals surface area contributed by atoms with Crippen LogP contribution in [-0.2, 0) is 9.84 Å². The predicted molar refractivity (Wildman–Crippen MR) is 93.0 cm³/mol. The predicted octanol–water partition coefficient (Wildman–Crippen LogP) is 4.03. The normalized spacial score (nSPS) is 11.2. The zero-order valence-corrected chi connectivity index (χ0v) is 14.3. The van der Waals surface area contributed by atoms with Gasteiger partial charge in [0, 0.05) is 24.4 Å². The first-order chi connectivity index (χ1) is 11.4. The van der Waals surface area contributed by atoms with Gasteiger partial charge < -0.3 is 5.32 Å². The molecule has 0 fully saturated rings. The molecule has 0 saturated carbocycles. The van der Waals surface area contributed by atoms with Gasteiger partial charge in [0.05, 0.1) is 14.7 Å². The summed E-state index contributed by atoms with van der Waals surface area (Å²) < 4.78 is 25.1. The van der Waals surface area contributed by atoms with Gasteiger partial charge in [-0.05, 0) is 42.8 Å². The molecule has 2 rings (SSSR count). The van der Waals surface area contributed by atoms with E-state index in [0.717, 1.165) is 31.5 Å². The zero-order chi connectivity index (χ0) is 17.6. The fraction of sp³-hybridized carbons (Fsp3) is 0.294. The first kappa shape index (κ1) is 17.9. The fourth-order valence-electron chi connectivity index (χ4n) is 2.24. The Morgan fingerprint density at radius 3 is 2.00 bits per heavy atom. The van der Waals surface area contributed by atoms with E-state index < -0.39 is 14.8 Å². The maximum atomic E-state index is 12.5. The third-order valence-corrected chi connectivity index (χ3v) is 5.42. The molecule has 0 radical (unpaired) electrons. The fourth-order valence-corrected chi connectivity index (χ4v) is 3.50. The molecule has 0 saturated heterocycles. The van der Waals surface area contributed by atoms with Crippen LogP contribution in [0.15, 0.2) is 58.3 Å². The SMILES string of the molecule is CCCCCNc1ccc(S(=O)(=O)c2ccc([N+](=O)[O-])cc2)cc1. The number of hydrogen-bond acceptors (Lipinski definition) is 5. The van der Waals surface area contributed by atoms with Crippen LogP contribution in [0.5, 0.6) is 0 Å². The number of unbranched alkanes of at least 4 members (excludes halogenated alkanes) is 2. The molecule has 6 nitrogen and oxygen atoms in total. The van der Waals surface area contributed by atoms with Crippen molar-refractivity contribution in [3.63, 3.8) is 0 Å². The summed E-state index contributed by atoms with van der Waals surface area (Å²) in [5.41, 5.74) is 0.731. The Morgan fingerprint density at radius 2 is 1.50 bits per heavy atom. The van der Waals surface area contributed by atoms with Crippen LogP contribution >= 0.6 is 0 Å². The molecule has 0 aliphatic carbocycles. The van der Waals surface area contributed by atoms with Crippen LogP contribution < -0.4 is 5.32 Å². The second-order valence-corrected chi connectivity index (χ2v) is 7.36. The van der Waals surface area contributed by atoms with Gasteiger partial charge in [-0.25, -0.2) is 8.42 Å². The van der Waals surface area contributed by atoms with E-state index in [1.807, 2.05) is 0 Å². The van der Waals surface area contributed by atoms with Gasteiger partial charge in [0.15, 0.2) is 0 Å². The van der Waals surface area contributed by atoms with E-state index in [4.69, 9.17) is 0 Å². The van der Waals surface area contributed by atoms with Crippen LogP contribution in [0.3, 0.4) is 0 Å². The van der Waals surface area contributed by atoms with Gasteiger partial charge in [-0.3, -0.25) is 10.1 Å². The largest absolute Gasteiger partial charge is 0.385 e. The first-order valence-electron chi connectivity index (χ1n) is 7.78. The number of nitrogens with zero attached hydrogens (tertiary/aromatic N) is 1. The molecule has 0 atom stereocenters. The Hall–Kier alpha value is -2.41. The van der Waals surface area contributed by atoms with Crippen LogP contribution in [0.4, 0.5) is 11.4 Å². The molecule has 0 aliphatic rings. The molecule has 128 valence electrons. The second kappa shape index (κ2) is 7.92. The summed E-state index contributed by atoms with van der Waals surface area (Å²) >= 11 is 0. The van der Waals surface area contributed by atoms with E-state index in [2.05, 4.69) is 12.2 Å². The maximum Gasteiger partial charge on any atom is 0.269 e. The summed E-state index contributed by atoms with van der Waals surface area (Å²) in [6, 6.07) is 11.4. The van der Waals surface area contributed by atoms with Crippen molar-refractivity contribution in [2.45, 2.75) is 36.0 Å². The molecule has 0 amide bonds. The highest BCUT2D eigenvalue weighted by molar-refractivity contribution is 7.91. The van der Waals surface area contributed by atoms with E-state index in [1.54, 1.807) is 24.3 Å². The van der Waals surface area contributed by atoms with E-state index in [1.165, 1.54) is 24.3 Å². The number of nitro groups is 1. The lowest BCUT2D eigenvalue weighted by molar-refractivity contribution is -0.384. The maximum absolute atomic E-state index is 12.5. The Kier molecular flexibility index (Phi) is 5.92. The van der Waals surface area contributed by atoms with Crippen molar-refractivity contribution in [1.82, 2.24) is 0 Å². The lowest BCUT2D eigenvalue weighted by atomic mass is 10.2. The molecular formula is C17H20N2O4S. The van der Waals surface area contributed by atoms with E-state index in [0.29, 0.717) is 0 Å². The van der Waals surface area contributed by atoms with Gasteiger partial charge in [-0.2, -0.15) is 0 Å². The number of hydrogen-bond donors (Lipinski definition) is 1. The molecule has 1 N–H and O–H groups in total. The highest BCUT2D eigenvalue weighted by Crippen LogP contribution is 2.24. The highest BCUT2D eigenvalue weighted by atomic mass is 32.2. The van der Waals surface area contributed by atoms with Gasteiger partial charge >= 0.3 is 0 Å². The van der Waals surface area contributed by atoms with Crippen molar-refractivity contribution in [3.05, 3.63) is 58.6 Å². The first-order valence-corrected chi connectivity index (χ1v) is 9.27. The average Bonchev–Trinajstić information content (AvgIpc) is 2.59. The van der Waals surface area contributed by atoms with Gasteiger partial charge in [-0.15, -0.1) is 0 Å². The summed E-state index contributed by atoms with van der Waals surface area (Å²) in [7, 11) is -3.68. The van der Waals surface area contributed by atoms with Crippen molar-refractivity contribution < 1.29 is 13.3 Å². The number of sulfone groups is 1. The van der Waals surface area contributed by atoms with Gasteiger partial charge in [0.25, 0.3) is 5.69 Å². The molecule has 0 aromatic heterocycles. The second-order valence-electron chi connectivity index (χ2n) is 5.41. The number of benzene rings is 2. The van der Waals surface area contributed by atoms with E-state index in [9.17, 15) is 18.5 Å². The third kappa shape index (κ3) is 4.32. The molecule has 2 aromatic carbocycles.